The molecule has 0 bridgehead atoms. The first-order valence-electron chi connectivity index (χ1n) is 11.0. The van der Waals surface area contributed by atoms with E-state index in [1.165, 1.54) is 18.2 Å². The van der Waals surface area contributed by atoms with Crippen molar-refractivity contribution in [2.75, 3.05) is 14.2 Å². The van der Waals surface area contributed by atoms with Gasteiger partial charge in [-0.15, -0.1) is 0 Å². The summed E-state index contributed by atoms with van der Waals surface area (Å²) in [7, 11) is -0.802. The third-order valence-corrected chi connectivity index (χ3v) is 6.84. The number of carbonyl (C=O) groups is 1. The molecule has 0 saturated heterocycles. The zero-order valence-electron chi connectivity index (χ0n) is 20.0. The van der Waals surface area contributed by atoms with Crippen LogP contribution in [0.5, 0.6) is 17.2 Å². The third-order valence-electron chi connectivity index (χ3n) is 5.49. The molecule has 0 radical (unpaired) electrons. The van der Waals surface area contributed by atoms with Crippen molar-refractivity contribution >= 4 is 15.9 Å². The molecule has 0 saturated carbocycles. The zero-order chi connectivity index (χ0) is 25.7. The molecule has 0 aliphatic carbocycles. The quantitative estimate of drug-likeness (QED) is 0.341. The van der Waals surface area contributed by atoms with E-state index in [4.69, 9.17) is 18.6 Å². The number of rotatable bonds is 9. The summed E-state index contributed by atoms with van der Waals surface area (Å²) in [6, 6.07) is 22.2. The van der Waals surface area contributed by atoms with Crippen molar-refractivity contribution in [3.63, 3.8) is 0 Å². The van der Waals surface area contributed by atoms with Crippen LogP contribution >= 0.6 is 0 Å². The average Bonchev–Trinajstić information content (AvgIpc) is 3.28. The van der Waals surface area contributed by atoms with Crippen molar-refractivity contribution in [3.05, 3.63) is 95.9 Å². The zero-order valence-corrected chi connectivity index (χ0v) is 20.8. The van der Waals surface area contributed by atoms with Gasteiger partial charge in [-0.3, -0.25) is 4.79 Å². The molecule has 8 nitrogen and oxygen atoms in total. The Morgan fingerprint density at radius 3 is 2.25 bits per heavy atom. The Balaban J connectivity index is 1.42. The van der Waals surface area contributed by atoms with E-state index in [1.54, 1.807) is 39.3 Å². The van der Waals surface area contributed by atoms with E-state index in [0.717, 1.165) is 11.1 Å². The predicted molar refractivity (Wildman–Crippen MR) is 134 cm³/mol. The lowest BCUT2D eigenvalue weighted by Crippen LogP contribution is -2.30. The fourth-order valence-electron chi connectivity index (χ4n) is 3.53. The van der Waals surface area contributed by atoms with Gasteiger partial charge in [0.15, 0.2) is 5.76 Å². The minimum absolute atomic E-state index is 0.0131. The van der Waals surface area contributed by atoms with Gasteiger partial charge in [-0.1, -0.05) is 30.3 Å². The van der Waals surface area contributed by atoms with Crippen LogP contribution in [0, 0.1) is 6.92 Å². The Morgan fingerprint density at radius 1 is 0.889 bits per heavy atom. The van der Waals surface area contributed by atoms with Gasteiger partial charge in [0.1, 0.15) is 29.6 Å². The number of nitrogens with one attached hydrogen (secondary N) is 1. The highest BCUT2D eigenvalue weighted by molar-refractivity contribution is 7.90. The second-order valence-electron chi connectivity index (χ2n) is 7.82. The van der Waals surface area contributed by atoms with Gasteiger partial charge in [0, 0.05) is 17.2 Å². The number of benzene rings is 3. The van der Waals surface area contributed by atoms with Gasteiger partial charge in [-0.05, 0) is 55.0 Å². The van der Waals surface area contributed by atoms with Crippen LogP contribution in [0.3, 0.4) is 0 Å². The molecule has 36 heavy (non-hydrogen) atoms. The summed E-state index contributed by atoms with van der Waals surface area (Å²) in [4.78, 5) is 12.5. The summed E-state index contributed by atoms with van der Waals surface area (Å²) in [6.45, 7) is 1.82. The molecule has 3 aromatic carbocycles. The highest BCUT2D eigenvalue weighted by Gasteiger charge is 2.22. The van der Waals surface area contributed by atoms with Crippen LogP contribution in [0.25, 0.3) is 11.1 Å². The molecule has 1 amide bonds. The Hall–Kier alpha value is -4.24. The summed E-state index contributed by atoms with van der Waals surface area (Å²) < 4.78 is 48.9. The minimum atomic E-state index is -4.01. The molecule has 9 heteroatoms. The van der Waals surface area contributed by atoms with Crippen molar-refractivity contribution in [2.45, 2.75) is 18.4 Å². The molecule has 1 N–H and O–H groups in total. The van der Waals surface area contributed by atoms with E-state index in [9.17, 15) is 13.2 Å². The molecule has 0 spiro atoms. The van der Waals surface area contributed by atoms with E-state index in [1.807, 2.05) is 47.2 Å². The molecule has 1 heterocycles. The van der Waals surface area contributed by atoms with Crippen molar-refractivity contribution in [1.82, 2.24) is 4.72 Å². The maximum absolute atomic E-state index is 12.5. The lowest BCUT2D eigenvalue weighted by Gasteiger charge is -2.11. The standard InChI is InChI=1S/C27H25NO7S/c1-18-20(15-26(35-18)27(29)28-36(30,31)23-7-5-4-6-8-23)17-34-21-11-9-19(10-12-21)24-14-13-22(32-2)16-25(24)33-3/h4-16H,17H2,1-3H3,(H,28,29). The third kappa shape index (κ3) is 5.52. The van der Waals surface area contributed by atoms with Gasteiger partial charge >= 0.3 is 5.91 Å². The molecule has 0 aliphatic rings. The van der Waals surface area contributed by atoms with E-state index in [0.29, 0.717) is 28.6 Å². The molecular weight excluding hydrogens is 482 g/mol. The van der Waals surface area contributed by atoms with Crippen LogP contribution in [-0.2, 0) is 16.6 Å². The van der Waals surface area contributed by atoms with E-state index in [-0.39, 0.29) is 17.3 Å². The highest BCUT2D eigenvalue weighted by Crippen LogP contribution is 2.34. The molecule has 0 unspecified atom stereocenters. The smallest absolute Gasteiger partial charge is 0.300 e. The monoisotopic (exact) mass is 507 g/mol. The first-order chi connectivity index (χ1) is 17.3. The number of sulfonamides is 1. The van der Waals surface area contributed by atoms with Gasteiger partial charge in [-0.2, -0.15) is 0 Å². The summed E-state index contributed by atoms with van der Waals surface area (Å²) in [6.07, 6.45) is 0. The summed E-state index contributed by atoms with van der Waals surface area (Å²) in [5, 5.41) is 0. The Morgan fingerprint density at radius 2 is 1.58 bits per heavy atom. The van der Waals surface area contributed by atoms with Crippen LogP contribution in [0.15, 0.2) is 88.2 Å². The van der Waals surface area contributed by atoms with Gasteiger partial charge in [0.25, 0.3) is 10.0 Å². The molecule has 0 aliphatic heterocycles. The van der Waals surface area contributed by atoms with Crippen LogP contribution < -0.4 is 18.9 Å². The number of amides is 1. The molecular formula is C27H25NO7S. The van der Waals surface area contributed by atoms with Crippen LogP contribution in [0.2, 0.25) is 0 Å². The summed E-state index contributed by atoms with van der Waals surface area (Å²) in [5.74, 6) is 1.49. The molecule has 0 atom stereocenters. The Bertz CT molecular complexity index is 1460. The number of ether oxygens (including phenoxy) is 3. The number of hydrogen-bond donors (Lipinski definition) is 1. The van der Waals surface area contributed by atoms with Crippen molar-refractivity contribution in [3.8, 4) is 28.4 Å². The van der Waals surface area contributed by atoms with Crippen molar-refractivity contribution in [2.24, 2.45) is 0 Å². The minimum Gasteiger partial charge on any atom is -0.497 e. The second-order valence-corrected chi connectivity index (χ2v) is 9.50. The largest absolute Gasteiger partial charge is 0.497 e. The first-order valence-corrected chi connectivity index (χ1v) is 12.5. The number of furan rings is 1. The average molecular weight is 508 g/mol. The van der Waals surface area contributed by atoms with Gasteiger partial charge in [0.2, 0.25) is 0 Å². The van der Waals surface area contributed by atoms with Crippen molar-refractivity contribution in [1.29, 1.82) is 0 Å². The topological polar surface area (TPSA) is 104 Å². The van der Waals surface area contributed by atoms with Crippen LogP contribution in [0.4, 0.5) is 0 Å². The van der Waals surface area contributed by atoms with E-state index >= 15 is 0 Å². The maximum atomic E-state index is 12.5. The molecule has 0 fully saturated rings. The lowest BCUT2D eigenvalue weighted by atomic mass is 10.0. The van der Waals surface area contributed by atoms with E-state index in [2.05, 4.69) is 0 Å². The van der Waals surface area contributed by atoms with Crippen molar-refractivity contribution < 1.29 is 31.8 Å². The second kappa shape index (κ2) is 10.6. The fourth-order valence-corrected chi connectivity index (χ4v) is 4.51. The highest BCUT2D eigenvalue weighted by atomic mass is 32.2. The Kier molecular flexibility index (Phi) is 7.30. The van der Waals surface area contributed by atoms with Gasteiger partial charge < -0.3 is 18.6 Å². The number of carbonyl (C=O) groups excluding carboxylic acids is 1. The number of methoxy groups -OCH3 is 2. The Labute approximate surface area is 209 Å². The molecule has 4 aromatic rings. The van der Waals surface area contributed by atoms with Gasteiger partial charge in [-0.25, -0.2) is 13.1 Å². The molecule has 1 aromatic heterocycles. The van der Waals surface area contributed by atoms with Crippen LogP contribution in [0.1, 0.15) is 21.9 Å². The van der Waals surface area contributed by atoms with Gasteiger partial charge in [0.05, 0.1) is 19.1 Å². The van der Waals surface area contributed by atoms with E-state index < -0.39 is 15.9 Å². The number of hydrogen-bond acceptors (Lipinski definition) is 7. The number of aryl methyl sites for hydroxylation is 1. The summed E-state index contributed by atoms with van der Waals surface area (Å²) in [5.41, 5.74) is 2.48. The van der Waals surface area contributed by atoms with Crippen LogP contribution in [-0.4, -0.2) is 28.5 Å². The predicted octanol–water partition coefficient (Wildman–Crippen LogP) is 4.97. The SMILES string of the molecule is COc1ccc(-c2ccc(OCc3cc(C(=O)NS(=O)(=O)c4ccccc4)oc3C)cc2)c(OC)c1. The molecule has 4 rings (SSSR count). The summed E-state index contributed by atoms with van der Waals surface area (Å²) >= 11 is 0. The normalized spacial score (nSPS) is 11.1. The lowest BCUT2D eigenvalue weighted by molar-refractivity contribution is 0.0953. The molecule has 186 valence electrons. The maximum Gasteiger partial charge on any atom is 0.300 e. The fraction of sp³-hybridized carbons (Fsp3) is 0.148. The first kappa shape index (κ1) is 24.9.